The fraction of sp³-hybridized carbons (Fsp3) is 0.179. The van der Waals surface area contributed by atoms with Crippen LogP contribution in [-0.2, 0) is 16.2 Å². The summed E-state index contributed by atoms with van der Waals surface area (Å²) >= 11 is 5.77. The fourth-order valence-electron chi connectivity index (χ4n) is 4.91. The summed E-state index contributed by atoms with van der Waals surface area (Å²) in [6, 6.07) is 22.9. The number of aromatic nitrogens is 1. The van der Waals surface area contributed by atoms with Crippen molar-refractivity contribution in [3.8, 4) is 5.75 Å². The van der Waals surface area contributed by atoms with E-state index < -0.39 is 17.1 Å². The summed E-state index contributed by atoms with van der Waals surface area (Å²) in [5, 5.41) is -0.00237. The van der Waals surface area contributed by atoms with Gasteiger partial charge in [-0.05, 0) is 42.8 Å². The molecule has 0 radical (unpaired) electrons. The van der Waals surface area contributed by atoms with Gasteiger partial charge >= 0.3 is 4.87 Å². The van der Waals surface area contributed by atoms with Gasteiger partial charge in [0.05, 0.1) is 16.6 Å². The van der Waals surface area contributed by atoms with Crippen LogP contribution in [0.3, 0.4) is 0 Å². The number of nitrogens with zero attached hydrogens (tertiary/aromatic N) is 1. The monoisotopic (exact) mass is 592 g/mol. The Bertz CT molecular complexity index is 1560. The first-order chi connectivity index (χ1) is 17.9. The Morgan fingerprint density at radius 2 is 1.68 bits per heavy atom. The van der Waals surface area contributed by atoms with Gasteiger partial charge in [-0.1, -0.05) is 87.1 Å². The van der Waals surface area contributed by atoms with E-state index in [0.29, 0.717) is 23.1 Å². The molecule has 3 aromatic carbocycles. The Labute approximate surface area is 229 Å². The largest absolute Gasteiger partial charge is 0.489 e. The van der Waals surface area contributed by atoms with E-state index in [1.807, 2.05) is 67.6 Å². The molecule has 2 aliphatic rings. The molecule has 37 heavy (non-hydrogen) atoms. The number of carbonyl (C=O) groups excluding carboxylic acids is 2. The molecule has 0 saturated carbocycles. The first-order valence-corrected chi connectivity index (χ1v) is 14.2. The van der Waals surface area contributed by atoms with E-state index in [1.165, 1.54) is 22.2 Å². The molecule has 3 heterocycles. The van der Waals surface area contributed by atoms with Gasteiger partial charge in [-0.15, -0.1) is 0 Å². The quantitative estimate of drug-likeness (QED) is 0.293. The average molecular weight is 594 g/mol. The Kier molecular flexibility index (Phi) is 6.30. The number of hydrogen-bond donors (Lipinski definition) is 1. The lowest BCUT2D eigenvalue weighted by molar-refractivity contribution is -0.122. The third-order valence-electron chi connectivity index (χ3n) is 6.68. The lowest BCUT2D eigenvalue weighted by Gasteiger charge is -2.30. The number of H-pyrrole nitrogens is 1. The molecule has 0 aliphatic carbocycles. The van der Waals surface area contributed by atoms with E-state index in [-0.39, 0.29) is 16.7 Å². The molecule has 1 aromatic heterocycles. The van der Waals surface area contributed by atoms with Gasteiger partial charge in [0.15, 0.2) is 0 Å². The predicted molar refractivity (Wildman–Crippen MR) is 149 cm³/mol. The lowest BCUT2D eigenvalue weighted by atomic mass is 9.82. The highest BCUT2D eigenvalue weighted by Crippen LogP contribution is 2.54. The van der Waals surface area contributed by atoms with Crippen molar-refractivity contribution in [2.75, 3.05) is 4.90 Å². The van der Waals surface area contributed by atoms with Gasteiger partial charge in [-0.3, -0.25) is 14.4 Å². The second kappa shape index (κ2) is 9.63. The zero-order valence-corrected chi connectivity index (χ0v) is 22.9. The summed E-state index contributed by atoms with van der Waals surface area (Å²) in [6.07, 6.45) is 0. The molecule has 4 aromatic rings. The molecule has 2 aliphatic heterocycles. The van der Waals surface area contributed by atoms with Gasteiger partial charge in [0.2, 0.25) is 11.8 Å². The van der Waals surface area contributed by atoms with Gasteiger partial charge in [-0.2, -0.15) is 0 Å². The number of thiazole rings is 1. The standard InChI is InChI=1S/C28H21BrN2O4S2/c1-15-6-8-16(9-7-15)14-35-20-5-3-2-4-19(20)21-22-24(36-25-23(21)37-28(34)30-25)27(33)31(26(22)32)18-12-10-17(29)11-13-18/h2-13,21-22,24H,14H2,1H3,(H,30,34)/t21-,22-,24+/m0/s1. The van der Waals surface area contributed by atoms with Gasteiger partial charge in [-0.25, -0.2) is 4.90 Å². The highest BCUT2D eigenvalue weighted by atomic mass is 79.9. The molecule has 1 fully saturated rings. The number of aryl methyl sites for hydroxylation is 1. The van der Waals surface area contributed by atoms with Gasteiger partial charge in [0.25, 0.3) is 0 Å². The normalized spacial score (nSPS) is 20.6. The third-order valence-corrected chi connectivity index (χ3v) is 9.61. The lowest BCUT2D eigenvalue weighted by Crippen LogP contribution is -2.32. The fourth-order valence-corrected chi connectivity index (χ4v) is 7.68. The number of benzene rings is 3. The molecular formula is C28H21BrN2O4S2. The van der Waals surface area contributed by atoms with Crippen LogP contribution in [0, 0.1) is 12.8 Å². The summed E-state index contributed by atoms with van der Waals surface area (Å²) in [6.45, 7) is 2.40. The zero-order chi connectivity index (χ0) is 25.7. The highest BCUT2D eigenvalue weighted by Gasteiger charge is 2.56. The van der Waals surface area contributed by atoms with Crippen LogP contribution in [-0.4, -0.2) is 22.0 Å². The third kappa shape index (κ3) is 4.35. The van der Waals surface area contributed by atoms with Crippen LogP contribution in [0.25, 0.3) is 0 Å². The van der Waals surface area contributed by atoms with E-state index in [4.69, 9.17) is 4.74 Å². The van der Waals surface area contributed by atoms with Crippen molar-refractivity contribution in [3.05, 3.63) is 109 Å². The Balaban J connectivity index is 1.41. The van der Waals surface area contributed by atoms with Crippen molar-refractivity contribution >= 4 is 56.5 Å². The van der Waals surface area contributed by atoms with Crippen LogP contribution in [0.4, 0.5) is 5.69 Å². The van der Waals surface area contributed by atoms with E-state index in [0.717, 1.165) is 31.8 Å². The average Bonchev–Trinajstić information content (AvgIpc) is 3.39. The molecule has 2 amide bonds. The SMILES string of the molecule is Cc1ccc(COc2ccccc2[C@@H]2c3sc(=O)[nH]c3S[C@H]3C(=O)N(c4ccc(Br)cc4)C(=O)[C@@H]23)cc1. The van der Waals surface area contributed by atoms with Crippen LogP contribution in [0.15, 0.2) is 87.1 Å². The van der Waals surface area contributed by atoms with E-state index >= 15 is 0 Å². The number of aromatic amines is 1. The number of amides is 2. The smallest absolute Gasteiger partial charge is 0.305 e. The topological polar surface area (TPSA) is 79.5 Å². The molecule has 6 rings (SSSR count). The maximum absolute atomic E-state index is 13.9. The van der Waals surface area contributed by atoms with Crippen LogP contribution in [0.2, 0.25) is 0 Å². The van der Waals surface area contributed by atoms with Crippen LogP contribution in [0.1, 0.15) is 27.5 Å². The van der Waals surface area contributed by atoms with Crippen LogP contribution >= 0.6 is 39.0 Å². The second-order valence-electron chi connectivity index (χ2n) is 9.05. The van der Waals surface area contributed by atoms with Crippen molar-refractivity contribution < 1.29 is 14.3 Å². The van der Waals surface area contributed by atoms with Crippen molar-refractivity contribution in [1.82, 2.24) is 4.98 Å². The van der Waals surface area contributed by atoms with E-state index in [1.54, 1.807) is 12.1 Å². The number of carbonyl (C=O) groups is 2. The molecule has 6 nitrogen and oxygen atoms in total. The first-order valence-electron chi connectivity index (χ1n) is 11.7. The molecule has 3 atom stereocenters. The minimum atomic E-state index is -0.663. The van der Waals surface area contributed by atoms with Crippen molar-refractivity contribution in [2.45, 2.75) is 29.7 Å². The number of nitrogens with one attached hydrogen (secondary N) is 1. The number of ether oxygens (including phenoxy) is 1. The predicted octanol–water partition coefficient (Wildman–Crippen LogP) is 5.88. The number of hydrogen-bond acceptors (Lipinski definition) is 6. The molecular weight excluding hydrogens is 572 g/mol. The zero-order valence-electron chi connectivity index (χ0n) is 19.6. The maximum Gasteiger partial charge on any atom is 0.305 e. The summed E-state index contributed by atoms with van der Waals surface area (Å²) in [5.41, 5.74) is 3.52. The van der Waals surface area contributed by atoms with Gasteiger partial charge in [0.1, 0.15) is 17.6 Å². The number of rotatable bonds is 5. The summed E-state index contributed by atoms with van der Waals surface area (Å²) < 4.78 is 7.13. The second-order valence-corrected chi connectivity index (χ2v) is 12.1. The Morgan fingerprint density at radius 3 is 2.43 bits per heavy atom. The molecule has 0 unspecified atom stereocenters. The molecule has 1 N–H and O–H groups in total. The number of thioether (sulfide) groups is 1. The number of imide groups is 1. The van der Waals surface area contributed by atoms with Crippen molar-refractivity contribution in [1.29, 1.82) is 0 Å². The number of fused-ring (bicyclic) bond motifs is 2. The number of anilines is 1. The molecule has 9 heteroatoms. The van der Waals surface area contributed by atoms with Gasteiger partial charge in [0, 0.05) is 20.8 Å². The highest BCUT2D eigenvalue weighted by molar-refractivity contribution is 9.10. The van der Waals surface area contributed by atoms with E-state index in [9.17, 15) is 14.4 Å². The summed E-state index contributed by atoms with van der Waals surface area (Å²) in [4.78, 5) is 44.6. The Hall–Kier alpha value is -3.14. The number of halogens is 1. The van der Waals surface area contributed by atoms with Crippen LogP contribution in [0.5, 0.6) is 5.75 Å². The Morgan fingerprint density at radius 1 is 0.946 bits per heavy atom. The van der Waals surface area contributed by atoms with Crippen molar-refractivity contribution in [2.24, 2.45) is 5.92 Å². The van der Waals surface area contributed by atoms with Gasteiger partial charge < -0.3 is 9.72 Å². The molecule has 0 bridgehead atoms. The van der Waals surface area contributed by atoms with Crippen LogP contribution < -0.4 is 14.5 Å². The summed E-state index contributed by atoms with van der Waals surface area (Å²) in [7, 11) is 0. The molecule has 0 spiro atoms. The molecule has 1 saturated heterocycles. The first kappa shape index (κ1) is 24.2. The molecule has 186 valence electrons. The summed E-state index contributed by atoms with van der Waals surface area (Å²) in [5.74, 6) is -1.06. The number of para-hydroxylation sites is 1. The van der Waals surface area contributed by atoms with Crippen molar-refractivity contribution in [3.63, 3.8) is 0 Å². The maximum atomic E-state index is 13.9. The van der Waals surface area contributed by atoms with E-state index in [2.05, 4.69) is 20.9 Å². The minimum absolute atomic E-state index is 0.204. The minimum Gasteiger partial charge on any atom is -0.489 e.